The van der Waals surface area contributed by atoms with E-state index in [0.29, 0.717) is 0 Å². The summed E-state index contributed by atoms with van der Waals surface area (Å²) in [5.41, 5.74) is 5.20. The monoisotopic (exact) mass is 287 g/mol. The van der Waals surface area contributed by atoms with Crippen molar-refractivity contribution in [3.63, 3.8) is 0 Å². The highest BCUT2D eigenvalue weighted by Gasteiger charge is 2.32. The van der Waals surface area contributed by atoms with Crippen LogP contribution in [0.1, 0.15) is 32.6 Å². The summed E-state index contributed by atoms with van der Waals surface area (Å²) < 4.78 is 0. The van der Waals surface area contributed by atoms with Crippen LogP contribution in [0.3, 0.4) is 0 Å². The van der Waals surface area contributed by atoms with Gasteiger partial charge < -0.3 is 16.0 Å². The molecule has 0 spiro atoms. The summed E-state index contributed by atoms with van der Waals surface area (Å²) in [5, 5.41) is 2.55. The lowest BCUT2D eigenvalue weighted by atomic mass is 10.1. The number of carbonyl (C=O) groups excluding carboxylic acids is 3. The van der Waals surface area contributed by atoms with E-state index in [1.54, 1.807) is 0 Å². The van der Waals surface area contributed by atoms with Crippen molar-refractivity contribution in [2.24, 2.45) is 5.73 Å². The summed E-state index contributed by atoms with van der Waals surface area (Å²) in [6, 6.07) is -0.670. The van der Waals surface area contributed by atoms with Crippen LogP contribution in [-0.4, -0.2) is 47.0 Å². The van der Waals surface area contributed by atoms with Gasteiger partial charge in [-0.15, -0.1) is 0 Å². The lowest BCUT2D eigenvalue weighted by Crippen LogP contribution is -2.54. The number of thiol groups is 1. The van der Waals surface area contributed by atoms with Crippen molar-refractivity contribution in [2.45, 2.75) is 44.7 Å². The molecule has 0 radical (unpaired) electrons. The number of nitrogens with zero attached hydrogens (tertiary/aromatic N) is 1. The Morgan fingerprint density at radius 1 is 1.37 bits per heavy atom. The molecule has 108 valence electrons. The van der Waals surface area contributed by atoms with Crippen molar-refractivity contribution in [1.29, 1.82) is 0 Å². The number of hydrogen-bond acceptors (Lipinski definition) is 4. The second-order valence-electron chi connectivity index (χ2n) is 4.81. The van der Waals surface area contributed by atoms with Gasteiger partial charge in [-0.3, -0.25) is 14.4 Å². The third-order valence-corrected chi connectivity index (χ3v) is 3.60. The number of hydrogen-bond donors (Lipinski definition) is 3. The topological polar surface area (TPSA) is 92.5 Å². The van der Waals surface area contributed by atoms with Gasteiger partial charge in [-0.1, -0.05) is 12.8 Å². The zero-order valence-electron chi connectivity index (χ0n) is 11.1. The van der Waals surface area contributed by atoms with Gasteiger partial charge in [0.25, 0.3) is 0 Å². The first-order valence-electron chi connectivity index (χ1n) is 6.42. The Labute approximate surface area is 118 Å². The van der Waals surface area contributed by atoms with E-state index in [1.807, 2.05) is 0 Å². The standard InChI is InChI=1S/C12H21N3O3S/c1-8(16)14-10(7-19)12(18)15(6-11(13)17)9-4-2-3-5-9/h9-10,19H,2-7H2,1H3,(H2,13,17)(H,14,16). The number of carbonyl (C=O) groups is 3. The Kier molecular flexibility index (Phi) is 6.14. The molecule has 1 aliphatic carbocycles. The van der Waals surface area contributed by atoms with Crippen LogP contribution in [0.15, 0.2) is 0 Å². The smallest absolute Gasteiger partial charge is 0.246 e. The number of nitrogens with two attached hydrogens (primary N) is 1. The summed E-state index contributed by atoms with van der Waals surface area (Å²) in [7, 11) is 0. The molecule has 0 heterocycles. The Hall–Kier alpha value is -1.24. The molecule has 0 aromatic rings. The zero-order valence-corrected chi connectivity index (χ0v) is 12.0. The first-order chi connectivity index (χ1) is 8.95. The van der Waals surface area contributed by atoms with E-state index >= 15 is 0 Å². The number of rotatable bonds is 6. The summed E-state index contributed by atoms with van der Waals surface area (Å²) >= 11 is 4.08. The van der Waals surface area contributed by atoms with Crippen LogP contribution >= 0.6 is 12.6 Å². The SMILES string of the molecule is CC(=O)NC(CS)C(=O)N(CC(N)=O)C1CCCC1. The third kappa shape index (κ3) is 4.74. The average Bonchev–Trinajstić information content (AvgIpc) is 2.85. The van der Waals surface area contributed by atoms with Crippen molar-refractivity contribution in [1.82, 2.24) is 10.2 Å². The maximum Gasteiger partial charge on any atom is 0.246 e. The molecule has 1 rings (SSSR count). The fourth-order valence-corrected chi connectivity index (χ4v) is 2.65. The summed E-state index contributed by atoms with van der Waals surface area (Å²) in [6.07, 6.45) is 3.83. The maximum absolute atomic E-state index is 12.4. The van der Waals surface area contributed by atoms with Crippen LogP contribution in [-0.2, 0) is 14.4 Å². The van der Waals surface area contributed by atoms with Gasteiger partial charge in [0, 0.05) is 18.7 Å². The number of nitrogens with one attached hydrogen (secondary N) is 1. The average molecular weight is 287 g/mol. The summed E-state index contributed by atoms with van der Waals surface area (Å²) in [5.74, 6) is -0.921. The van der Waals surface area contributed by atoms with Gasteiger partial charge in [-0.25, -0.2) is 0 Å². The molecule has 1 unspecified atom stereocenters. The lowest BCUT2D eigenvalue weighted by Gasteiger charge is -2.31. The van der Waals surface area contributed by atoms with Crippen LogP contribution in [0, 0.1) is 0 Å². The van der Waals surface area contributed by atoms with Crippen LogP contribution in [0.5, 0.6) is 0 Å². The first kappa shape index (κ1) is 15.8. The molecule has 1 aliphatic rings. The number of primary amides is 1. The van der Waals surface area contributed by atoms with E-state index in [9.17, 15) is 14.4 Å². The Balaban J connectivity index is 2.78. The molecule has 3 amide bonds. The van der Waals surface area contributed by atoms with Crippen molar-refractivity contribution in [3.8, 4) is 0 Å². The molecule has 19 heavy (non-hydrogen) atoms. The fourth-order valence-electron chi connectivity index (χ4n) is 2.40. The predicted molar refractivity (Wildman–Crippen MR) is 74.6 cm³/mol. The van der Waals surface area contributed by atoms with Crippen LogP contribution in [0.25, 0.3) is 0 Å². The summed E-state index contributed by atoms with van der Waals surface area (Å²) in [6.45, 7) is 1.24. The van der Waals surface area contributed by atoms with Crippen LogP contribution in [0.4, 0.5) is 0 Å². The van der Waals surface area contributed by atoms with E-state index in [2.05, 4.69) is 17.9 Å². The molecule has 0 aromatic carbocycles. The highest BCUT2D eigenvalue weighted by Crippen LogP contribution is 2.24. The quantitative estimate of drug-likeness (QED) is 0.584. The molecule has 0 bridgehead atoms. The van der Waals surface area contributed by atoms with E-state index in [4.69, 9.17) is 5.73 Å². The Bertz CT molecular complexity index is 356. The van der Waals surface area contributed by atoms with Crippen LogP contribution < -0.4 is 11.1 Å². The molecular formula is C12H21N3O3S. The Morgan fingerprint density at radius 3 is 2.37 bits per heavy atom. The van der Waals surface area contributed by atoms with Gasteiger partial charge in [0.1, 0.15) is 6.04 Å². The van der Waals surface area contributed by atoms with E-state index in [1.165, 1.54) is 11.8 Å². The highest BCUT2D eigenvalue weighted by atomic mass is 32.1. The van der Waals surface area contributed by atoms with E-state index in [0.717, 1.165) is 25.7 Å². The lowest BCUT2D eigenvalue weighted by molar-refractivity contribution is -0.140. The molecular weight excluding hydrogens is 266 g/mol. The highest BCUT2D eigenvalue weighted by molar-refractivity contribution is 7.80. The van der Waals surface area contributed by atoms with Crippen molar-refractivity contribution >= 4 is 30.4 Å². The maximum atomic E-state index is 12.4. The predicted octanol–water partition coefficient (Wildman–Crippen LogP) is -0.323. The molecule has 1 atom stereocenters. The van der Waals surface area contributed by atoms with Crippen molar-refractivity contribution < 1.29 is 14.4 Å². The second-order valence-corrected chi connectivity index (χ2v) is 5.17. The number of amides is 3. The van der Waals surface area contributed by atoms with E-state index in [-0.39, 0.29) is 30.2 Å². The molecule has 1 saturated carbocycles. The fraction of sp³-hybridized carbons (Fsp3) is 0.750. The minimum absolute atomic E-state index is 0.0381. The van der Waals surface area contributed by atoms with Crippen molar-refractivity contribution in [2.75, 3.05) is 12.3 Å². The minimum atomic E-state index is -0.708. The zero-order chi connectivity index (χ0) is 14.4. The molecule has 3 N–H and O–H groups in total. The van der Waals surface area contributed by atoms with Crippen molar-refractivity contribution in [3.05, 3.63) is 0 Å². The van der Waals surface area contributed by atoms with E-state index < -0.39 is 11.9 Å². The molecule has 1 fully saturated rings. The molecule has 0 aromatic heterocycles. The minimum Gasteiger partial charge on any atom is -0.368 e. The van der Waals surface area contributed by atoms with Gasteiger partial charge in [0.05, 0.1) is 6.54 Å². The van der Waals surface area contributed by atoms with Gasteiger partial charge in [0.2, 0.25) is 17.7 Å². The largest absolute Gasteiger partial charge is 0.368 e. The van der Waals surface area contributed by atoms with Crippen LogP contribution in [0.2, 0.25) is 0 Å². The molecule has 6 nitrogen and oxygen atoms in total. The Morgan fingerprint density at radius 2 is 1.95 bits per heavy atom. The van der Waals surface area contributed by atoms with Gasteiger partial charge >= 0.3 is 0 Å². The molecule has 7 heteroatoms. The van der Waals surface area contributed by atoms with Gasteiger partial charge in [-0.2, -0.15) is 12.6 Å². The normalized spacial score (nSPS) is 16.9. The van der Waals surface area contributed by atoms with Gasteiger partial charge in [0.15, 0.2) is 0 Å². The van der Waals surface area contributed by atoms with Gasteiger partial charge in [-0.05, 0) is 12.8 Å². The first-order valence-corrected chi connectivity index (χ1v) is 7.05. The second kappa shape index (κ2) is 7.37. The summed E-state index contributed by atoms with van der Waals surface area (Å²) in [4.78, 5) is 36.1. The molecule has 0 aliphatic heterocycles. The third-order valence-electron chi connectivity index (χ3n) is 3.23. The molecule has 0 saturated heterocycles.